The van der Waals surface area contributed by atoms with Gasteiger partial charge in [0.2, 0.25) is 0 Å². The molecule has 0 fully saturated rings. The van der Waals surface area contributed by atoms with Crippen molar-refractivity contribution in [1.82, 2.24) is 4.98 Å². The minimum Gasteiger partial charge on any atom is -0.484 e. The van der Waals surface area contributed by atoms with Gasteiger partial charge in [-0.3, -0.25) is 9.78 Å². The zero-order valence-electron chi connectivity index (χ0n) is 16.3. The summed E-state index contributed by atoms with van der Waals surface area (Å²) in [6, 6.07) is 13.7. The van der Waals surface area contributed by atoms with Gasteiger partial charge in [0.25, 0.3) is 5.91 Å². The summed E-state index contributed by atoms with van der Waals surface area (Å²) < 4.78 is 19.3. The maximum Gasteiger partial charge on any atom is 0.262 e. The smallest absolute Gasteiger partial charge is 0.262 e. The molecule has 3 rings (SSSR count). The van der Waals surface area contributed by atoms with Crippen LogP contribution in [0.5, 0.6) is 5.75 Å². The molecule has 1 heterocycles. The largest absolute Gasteiger partial charge is 0.484 e. The van der Waals surface area contributed by atoms with Crippen molar-refractivity contribution in [3.8, 4) is 5.75 Å². The first kappa shape index (κ1) is 19.6. The second-order valence-corrected chi connectivity index (χ2v) is 6.48. The molecular formula is C22H24FN3O2. The number of fused-ring (bicyclic) bond motifs is 1. The summed E-state index contributed by atoms with van der Waals surface area (Å²) in [4.78, 5) is 19.0. The van der Waals surface area contributed by atoms with Gasteiger partial charge in [0.1, 0.15) is 11.6 Å². The van der Waals surface area contributed by atoms with Gasteiger partial charge in [-0.2, -0.15) is 0 Å². The molecule has 3 aromatic rings. The predicted octanol–water partition coefficient (Wildman–Crippen LogP) is 4.55. The molecule has 0 unspecified atom stereocenters. The van der Waals surface area contributed by atoms with Crippen molar-refractivity contribution in [2.45, 2.75) is 20.8 Å². The molecule has 6 heteroatoms. The number of carbonyl (C=O) groups excluding carboxylic acids is 1. The van der Waals surface area contributed by atoms with E-state index in [1.54, 1.807) is 12.1 Å². The number of ether oxygens (including phenoxy) is 1. The van der Waals surface area contributed by atoms with E-state index >= 15 is 0 Å². The van der Waals surface area contributed by atoms with E-state index in [0.29, 0.717) is 22.3 Å². The van der Waals surface area contributed by atoms with E-state index in [9.17, 15) is 9.18 Å². The molecule has 0 atom stereocenters. The fourth-order valence-corrected chi connectivity index (χ4v) is 3.13. The first-order valence-electron chi connectivity index (χ1n) is 9.34. The van der Waals surface area contributed by atoms with Crippen molar-refractivity contribution in [3.05, 3.63) is 60.0 Å². The van der Waals surface area contributed by atoms with Crippen molar-refractivity contribution in [1.29, 1.82) is 0 Å². The standard InChI is InChI=1S/C22H24FN3O2/c1-4-26(5-2)17-7-6-8-18(13-17)28-14-22(27)25-21-11-15(3)24-20-10-9-16(23)12-19(20)21/h6-13H,4-5,14H2,1-3H3,(H,24,25,27). The number of rotatable bonds is 7. The van der Waals surface area contributed by atoms with Crippen LogP contribution >= 0.6 is 0 Å². The third-order valence-electron chi connectivity index (χ3n) is 4.49. The highest BCUT2D eigenvalue weighted by Gasteiger charge is 2.10. The summed E-state index contributed by atoms with van der Waals surface area (Å²) in [5, 5.41) is 3.36. The van der Waals surface area contributed by atoms with Crippen LogP contribution in [0, 0.1) is 12.7 Å². The fourth-order valence-electron chi connectivity index (χ4n) is 3.13. The lowest BCUT2D eigenvalue weighted by molar-refractivity contribution is -0.118. The Balaban J connectivity index is 1.71. The van der Waals surface area contributed by atoms with Crippen LogP contribution in [-0.4, -0.2) is 30.6 Å². The normalized spacial score (nSPS) is 10.7. The van der Waals surface area contributed by atoms with Gasteiger partial charge in [-0.05, 0) is 57.2 Å². The van der Waals surface area contributed by atoms with Gasteiger partial charge in [0, 0.05) is 35.9 Å². The lowest BCUT2D eigenvalue weighted by atomic mass is 10.1. The summed E-state index contributed by atoms with van der Waals surface area (Å²) in [6.07, 6.45) is 0. The number of carbonyl (C=O) groups is 1. The van der Waals surface area contributed by atoms with Gasteiger partial charge in [-0.1, -0.05) is 6.07 Å². The maximum absolute atomic E-state index is 13.6. The van der Waals surface area contributed by atoms with Gasteiger partial charge in [0.05, 0.1) is 11.2 Å². The van der Waals surface area contributed by atoms with E-state index in [4.69, 9.17) is 4.74 Å². The van der Waals surface area contributed by atoms with E-state index in [1.807, 2.05) is 31.2 Å². The Morgan fingerprint density at radius 2 is 1.93 bits per heavy atom. The molecule has 0 radical (unpaired) electrons. The highest BCUT2D eigenvalue weighted by Crippen LogP contribution is 2.24. The molecule has 0 aliphatic heterocycles. The number of pyridine rings is 1. The quantitative estimate of drug-likeness (QED) is 0.653. The molecule has 5 nitrogen and oxygen atoms in total. The van der Waals surface area contributed by atoms with Gasteiger partial charge in [-0.25, -0.2) is 4.39 Å². The molecule has 28 heavy (non-hydrogen) atoms. The zero-order chi connectivity index (χ0) is 20.1. The predicted molar refractivity (Wildman–Crippen MR) is 111 cm³/mol. The van der Waals surface area contributed by atoms with Gasteiger partial charge < -0.3 is 15.0 Å². The Labute approximate surface area is 164 Å². The number of benzene rings is 2. The average Bonchev–Trinajstić information content (AvgIpc) is 2.68. The lowest BCUT2D eigenvalue weighted by Gasteiger charge is -2.21. The number of anilines is 2. The minimum atomic E-state index is -0.377. The molecule has 146 valence electrons. The number of nitrogens with one attached hydrogen (secondary N) is 1. The van der Waals surface area contributed by atoms with Crippen LogP contribution in [0.15, 0.2) is 48.5 Å². The molecule has 1 N–H and O–H groups in total. The zero-order valence-corrected chi connectivity index (χ0v) is 16.3. The molecule has 0 aliphatic carbocycles. The van der Waals surface area contributed by atoms with E-state index < -0.39 is 0 Å². The van der Waals surface area contributed by atoms with E-state index in [2.05, 4.69) is 29.0 Å². The second kappa shape index (κ2) is 8.69. The molecule has 0 saturated heterocycles. The highest BCUT2D eigenvalue weighted by atomic mass is 19.1. The van der Waals surface area contributed by atoms with Crippen molar-refractivity contribution in [2.75, 3.05) is 29.9 Å². The number of aromatic nitrogens is 1. The Morgan fingerprint density at radius 3 is 2.68 bits per heavy atom. The summed E-state index contributed by atoms with van der Waals surface area (Å²) in [5.74, 6) is -0.0658. The van der Waals surface area contributed by atoms with Gasteiger partial charge in [-0.15, -0.1) is 0 Å². The number of hydrogen-bond acceptors (Lipinski definition) is 4. The summed E-state index contributed by atoms with van der Waals surface area (Å²) in [6.45, 7) is 7.66. The lowest BCUT2D eigenvalue weighted by Crippen LogP contribution is -2.22. The third-order valence-corrected chi connectivity index (χ3v) is 4.49. The van der Waals surface area contributed by atoms with Crippen LogP contribution in [0.3, 0.4) is 0 Å². The first-order valence-corrected chi connectivity index (χ1v) is 9.34. The Bertz CT molecular complexity index is 987. The number of aryl methyl sites for hydroxylation is 1. The maximum atomic E-state index is 13.6. The van der Waals surface area contributed by atoms with E-state index in [1.165, 1.54) is 12.1 Å². The molecule has 0 aliphatic rings. The molecule has 0 saturated carbocycles. The van der Waals surface area contributed by atoms with Crippen molar-refractivity contribution in [3.63, 3.8) is 0 Å². The van der Waals surface area contributed by atoms with Crippen LogP contribution in [0.25, 0.3) is 10.9 Å². The van der Waals surface area contributed by atoms with Crippen LogP contribution in [0.1, 0.15) is 19.5 Å². The molecule has 2 aromatic carbocycles. The number of nitrogens with zero attached hydrogens (tertiary/aromatic N) is 2. The van der Waals surface area contributed by atoms with Crippen molar-refractivity contribution < 1.29 is 13.9 Å². The van der Waals surface area contributed by atoms with Crippen molar-refractivity contribution >= 4 is 28.2 Å². The van der Waals surface area contributed by atoms with Gasteiger partial charge in [0.15, 0.2) is 6.61 Å². The Kier molecular flexibility index (Phi) is 6.09. The van der Waals surface area contributed by atoms with Crippen LogP contribution < -0.4 is 15.0 Å². The SMILES string of the molecule is CCN(CC)c1cccc(OCC(=O)Nc2cc(C)nc3ccc(F)cc23)c1. The minimum absolute atomic E-state index is 0.139. The monoisotopic (exact) mass is 381 g/mol. The summed E-state index contributed by atoms with van der Waals surface area (Å²) in [7, 11) is 0. The third kappa shape index (κ3) is 4.57. The van der Waals surface area contributed by atoms with Crippen LogP contribution in [0.4, 0.5) is 15.8 Å². The number of hydrogen-bond donors (Lipinski definition) is 1. The number of amides is 1. The topological polar surface area (TPSA) is 54.5 Å². The van der Waals surface area contributed by atoms with Gasteiger partial charge >= 0.3 is 0 Å². The highest BCUT2D eigenvalue weighted by molar-refractivity contribution is 6.01. The van der Waals surface area contributed by atoms with E-state index in [0.717, 1.165) is 24.5 Å². The van der Waals surface area contributed by atoms with Crippen LogP contribution in [-0.2, 0) is 4.79 Å². The summed E-state index contributed by atoms with van der Waals surface area (Å²) >= 11 is 0. The van der Waals surface area contributed by atoms with Crippen molar-refractivity contribution in [2.24, 2.45) is 0 Å². The summed E-state index contributed by atoms with van der Waals surface area (Å²) in [5.41, 5.74) is 2.94. The molecule has 0 bridgehead atoms. The molecular weight excluding hydrogens is 357 g/mol. The second-order valence-electron chi connectivity index (χ2n) is 6.48. The first-order chi connectivity index (χ1) is 13.5. The number of halogens is 1. The molecule has 0 spiro atoms. The molecule has 1 aromatic heterocycles. The average molecular weight is 381 g/mol. The Morgan fingerprint density at radius 1 is 1.14 bits per heavy atom. The molecule has 1 amide bonds. The fraction of sp³-hybridized carbons (Fsp3) is 0.273. The van der Waals surface area contributed by atoms with E-state index in [-0.39, 0.29) is 18.3 Å². The Hall–Kier alpha value is -3.15. The van der Waals surface area contributed by atoms with Crippen LogP contribution in [0.2, 0.25) is 0 Å².